The minimum Gasteiger partial charge on any atom is -0.492 e. The second kappa shape index (κ2) is 9.68. The molecule has 1 aliphatic heterocycles. The van der Waals surface area contributed by atoms with Gasteiger partial charge in [0.05, 0.1) is 11.6 Å². The van der Waals surface area contributed by atoms with Crippen LogP contribution in [0.4, 0.5) is 4.79 Å². The Morgan fingerprint density at radius 3 is 2.33 bits per heavy atom. The average molecular weight is 452 g/mol. The number of halogens is 1. The molecule has 0 unspecified atom stereocenters. The van der Waals surface area contributed by atoms with E-state index in [1.807, 2.05) is 26.0 Å². The molecular weight excluding hydrogens is 426 g/mol. The largest absolute Gasteiger partial charge is 0.492 e. The van der Waals surface area contributed by atoms with E-state index in [4.69, 9.17) is 16.3 Å². The smallest absolute Gasteiger partial charge is 0.317 e. The fourth-order valence-electron chi connectivity index (χ4n) is 3.38. The second-order valence-corrected chi connectivity index (χ2v) is 9.54. The highest BCUT2D eigenvalue weighted by atomic mass is 35.5. The van der Waals surface area contributed by atoms with Gasteiger partial charge in [-0.3, -0.25) is 0 Å². The zero-order chi connectivity index (χ0) is 21.7. The zero-order valence-corrected chi connectivity index (χ0v) is 18.7. The van der Waals surface area contributed by atoms with Gasteiger partial charge in [0.2, 0.25) is 10.0 Å². The van der Waals surface area contributed by atoms with Gasteiger partial charge in [0.25, 0.3) is 0 Å². The van der Waals surface area contributed by atoms with Crippen molar-refractivity contribution in [3.63, 3.8) is 0 Å². The van der Waals surface area contributed by atoms with E-state index >= 15 is 0 Å². The van der Waals surface area contributed by atoms with Crippen molar-refractivity contribution >= 4 is 27.7 Å². The van der Waals surface area contributed by atoms with Crippen molar-refractivity contribution in [3.05, 3.63) is 58.6 Å². The molecule has 162 valence electrons. The minimum absolute atomic E-state index is 0.0908. The molecule has 2 aromatic rings. The third kappa shape index (κ3) is 5.44. The van der Waals surface area contributed by atoms with Gasteiger partial charge >= 0.3 is 6.03 Å². The van der Waals surface area contributed by atoms with Crippen LogP contribution in [-0.2, 0) is 10.0 Å². The third-order valence-corrected chi connectivity index (χ3v) is 7.22. The van der Waals surface area contributed by atoms with Crippen LogP contribution in [0.3, 0.4) is 0 Å². The highest BCUT2D eigenvalue weighted by Gasteiger charge is 2.31. The summed E-state index contributed by atoms with van der Waals surface area (Å²) in [6.07, 6.45) is 0. The first-order chi connectivity index (χ1) is 14.3. The van der Waals surface area contributed by atoms with Gasteiger partial charge in [0.1, 0.15) is 17.3 Å². The van der Waals surface area contributed by atoms with Crippen molar-refractivity contribution in [2.75, 3.05) is 39.3 Å². The molecule has 3 rings (SSSR count). The first-order valence-electron chi connectivity index (χ1n) is 9.76. The van der Waals surface area contributed by atoms with Gasteiger partial charge in [-0.05, 0) is 49.2 Å². The number of hydrogen-bond donors (Lipinski definition) is 1. The number of hydrogen-bond acceptors (Lipinski definition) is 4. The fraction of sp³-hybridized carbons (Fsp3) is 0.381. The maximum Gasteiger partial charge on any atom is 0.317 e. The molecule has 9 heteroatoms. The summed E-state index contributed by atoms with van der Waals surface area (Å²) in [6.45, 7) is 5.81. The first-order valence-corrected chi connectivity index (χ1v) is 11.6. The number of sulfonamides is 1. The van der Waals surface area contributed by atoms with E-state index in [2.05, 4.69) is 11.4 Å². The average Bonchev–Trinajstić information content (AvgIpc) is 2.70. The van der Waals surface area contributed by atoms with Crippen molar-refractivity contribution in [3.8, 4) is 5.75 Å². The molecule has 1 saturated heterocycles. The molecule has 1 fully saturated rings. The van der Waals surface area contributed by atoms with Crippen LogP contribution in [-0.4, -0.2) is 63.0 Å². The molecule has 0 aromatic heterocycles. The number of nitrogens with one attached hydrogen (secondary N) is 1. The normalized spacial score (nSPS) is 15.1. The van der Waals surface area contributed by atoms with Crippen LogP contribution < -0.4 is 10.1 Å². The summed E-state index contributed by atoms with van der Waals surface area (Å²) < 4.78 is 32.6. The Balaban J connectivity index is 1.45. The van der Waals surface area contributed by atoms with Crippen LogP contribution in [0, 0.1) is 13.8 Å². The number of ether oxygens (including phenoxy) is 1. The number of amides is 2. The summed E-state index contributed by atoms with van der Waals surface area (Å²) in [5, 5.41) is 3.01. The summed E-state index contributed by atoms with van der Waals surface area (Å²) in [6, 6.07) is 12.1. The number of urea groups is 1. The monoisotopic (exact) mass is 451 g/mol. The van der Waals surface area contributed by atoms with Gasteiger partial charge < -0.3 is 15.0 Å². The predicted molar refractivity (Wildman–Crippen MR) is 117 cm³/mol. The van der Waals surface area contributed by atoms with Crippen molar-refractivity contribution in [2.24, 2.45) is 0 Å². The Bertz CT molecular complexity index is 985. The molecule has 2 amide bonds. The van der Waals surface area contributed by atoms with Crippen LogP contribution in [0.25, 0.3) is 0 Å². The van der Waals surface area contributed by atoms with Crippen molar-refractivity contribution in [1.29, 1.82) is 0 Å². The number of carbonyl (C=O) groups excluding carboxylic acids is 1. The van der Waals surface area contributed by atoms with E-state index in [9.17, 15) is 13.2 Å². The minimum atomic E-state index is -3.68. The van der Waals surface area contributed by atoms with Gasteiger partial charge in [-0.25, -0.2) is 13.2 Å². The molecule has 1 heterocycles. The first kappa shape index (κ1) is 22.4. The fourth-order valence-corrected chi connectivity index (χ4v) is 5.29. The number of nitrogens with zero attached hydrogens (tertiary/aromatic N) is 2. The topological polar surface area (TPSA) is 79.0 Å². The number of piperazine rings is 1. The van der Waals surface area contributed by atoms with Gasteiger partial charge in [-0.1, -0.05) is 29.8 Å². The molecule has 30 heavy (non-hydrogen) atoms. The van der Waals surface area contributed by atoms with E-state index in [0.717, 1.165) is 16.9 Å². The Kier molecular flexibility index (Phi) is 7.23. The maximum absolute atomic E-state index is 12.8. The van der Waals surface area contributed by atoms with Crippen molar-refractivity contribution in [1.82, 2.24) is 14.5 Å². The Morgan fingerprint density at radius 2 is 1.70 bits per heavy atom. The number of aryl methyl sites for hydroxylation is 2. The third-order valence-electron chi connectivity index (χ3n) is 4.82. The molecule has 0 atom stereocenters. The molecule has 0 aliphatic carbocycles. The molecular formula is C21H26ClN3O4S. The summed E-state index contributed by atoms with van der Waals surface area (Å²) in [4.78, 5) is 14.1. The lowest BCUT2D eigenvalue weighted by molar-refractivity contribution is 0.170. The van der Waals surface area contributed by atoms with Crippen LogP contribution in [0.2, 0.25) is 5.02 Å². The molecule has 1 N–H and O–H groups in total. The van der Waals surface area contributed by atoms with E-state index in [-0.39, 0.29) is 29.0 Å². The van der Waals surface area contributed by atoms with Gasteiger partial charge in [-0.15, -0.1) is 0 Å². The van der Waals surface area contributed by atoms with Gasteiger partial charge in [0, 0.05) is 26.2 Å². The van der Waals surface area contributed by atoms with Crippen LogP contribution >= 0.6 is 11.6 Å². The Labute approximate surface area is 182 Å². The van der Waals surface area contributed by atoms with Crippen LogP contribution in [0.5, 0.6) is 5.75 Å². The highest BCUT2D eigenvalue weighted by molar-refractivity contribution is 7.89. The highest BCUT2D eigenvalue weighted by Crippen LogP contribution is 2.25. The Morgan fingerprint density at radius 1 is 1.07 bits per heavy atom. The standard InChI is InChI=1S/C21H26ClN3O4S/c1-16-13-17(2)15-18(14-16)29-12-7-23-21(26)24-8-10-25(11-9-24)30(27,28)20-6-4-3-5-19(20)22/h3-6,13-15H,7-12H2,1-2H3,(H,23,26). The predicted octanol–water partition coefficient (Wildman–Crippen LogP) is 3.05. The van der Waals surface area contributed by atoms with Crippen LogP contribution in [0.1, 0.15) is 11.1 Å². The lowest BCUT2D eigenvalue weighted by Gasteiger charge is -2.34. The number of carbonyl (C=O) groups is 1. The summed E-state index contributed by atoms with van der Waals surface area (Å²) >= 11 is 6.05. The zero-order valence-electron chi connectivity index (χ0n) is 17.1. The second-order valence-electron chi connectivity index (χ2n) is 7.23. The SMILES string of the molecule is Cc1cc(C)cc(OCCNC(=O)N2CCN(S(=O)(=O)c3ccccc3Cl)CC2)c1. The van der Waals surface area contributed by atoms with Crippen molar-refractivity contribution < 1.29 is 17.9 Å². The number of rotatable bonds is 6. The molecule has 2 aromatic carbocycles. The van der Waals surface area contributed by atoms with Gasteiger partial charge in [0.15, 0.2) is 0 Å². The van der Waals surface area contributed by atoms with E-state index < -0.39 is 10.0 Å². The summed E-state index contributed by atoms with van der Waals surface area (Å²) in [7, 11) is -3.68. The molecule has 7 nitrogen and oxygen atoms in total. The van der Waals surface area contributed by atoms with Gasteiger partial charge in [-0.2, -0.15) is 4.31 Å². The van der Waals surface area contributed by atoms with Crippen molar-refractivity contribution in [2.45, 2.75) is 18.7 Å². The molecule has 0 saturated carbocycles. The molecule has 0 spiro atoms. The molecule has 0 radical (unpaired) electrons. The lowest BCUT2D eigenvalue weighted by atomic mass is 10.1. The molecule has 1 aliphatic rings. The quantitative estimate of drug-likeness (QED) is 0.684. The van der Waals surface area contributed by atoms with E-state index in [0.29, 0.717) is 26.2 Å². The maximum atomic E-state index is 12.8. The summed E-state index contributed by atoms with van der Waals surface area (Å²) in [5.41, 5.74) is 2.25. The Hall–Kier alpha value is -2.29. The molecule has 0 bridgehead atoms. The lowest BCUT2D eigenvalue weighted by Crippen LogP contribution is -2.53. The number of benzene rings is 2. The van der Waals surface area contributed by atoms with E-state index in [1.54, 1.807) is 23.1 Å². The summed E-state index contributed by atoms with van der Waals surface area (Å²) in [5.74, 6) is 0.778. The van der Waals surface area contributed by atoms with Crippen LogP contribution in [0.15, 0.2) is 47.4 Å². The van der Waals surface area contributed by atoms with E-state index in [1.165, 1.54) is 10.4 Å².